The first-order valence-corrected chi connectivity index (χ1v) is 19.8. The molecule has 50 heavy (non-hydrogen) atoms. The fourth-order valence-corrected chi connectivity index (χ4v) is 10.3. The second kappa shape index (κ2) is 14.1. The molecular formula is C47H59N3. The van der Waals surface area contributed by atoms with E-state index in [1.54, 1.807) is 11.1 Å². The van der Waals surface area contributed by atoms with E-state index in [0.29, 0.717) is 36.1 Å². The Morgan fingerprint density at radius 3 is 2.24 bits per heavy atom. The quantitative estimate of drug-likeness (QED) is 0.202. The summed E-state index contributed by atoms with van der Waals surface area (Å²) in [6, 6.07) is 28.6. The highest BCUT2D eigenvalue weighted by Gasteiger charge is 2.42. The van der Waals surface area contributed by atoms with E-state index in [2.05, 4.69) is 141 Å². The first-order valence-electron chi connectivity index (χ1n) is 19.8. The molecule has 0 spiro atoms. The highest BCUT2D eigenvalue weighted by Crippen LogP contribution is 2.45. The van der Waals surface area contributed by atoms with Crippen LogP contribution >= 0.6 is 0 Å². The third kappa shape index (κ3) is 6.62. The predicted octanol–water partition coefficient (Wildman–Crippen LogP) is 9.63. The van der Waals surface area contributed by atoms with E-state index in [4.69, 9.17) is 0 Å². The minimum atomic E-state index is 0.510. The van der Waals surface area contributed by atoms with Crippen LogP contribution in [0.15, 0.2) is 85.0 Å². The highest BCUT2D eigenvalue weighted by molar-refractivity contribution is 5.76. The molecule has 3 aromatic rings. The average Bonchev–Trinajstić information content (AvgIpc) is 3.94. The van der Waals surface area contributed by atoms with Crippen LogP contribution in [0.25, 0.3) is 16.7 Å². The second-order valence-corrected chi connectivity index (χ2v) is 16.8. The Bertz CT molecular complexity index is 1810. The minimum absolute atomic E-state index is 0.510. The van der Waals surface area contributed by atoms with Crippen LogP contribution in [0.1, 0.15) is 92.3 Å². The smallest absolute Gasteiger partial charge is 0.0360 e. The molecule has 3 heterocycles. The topological polar surface area (TPSA) is 9.72 Å². The average molecular weight is 666 g/mol. The Hall–Kier alpha value is -3.24. The number of rotatable bonds is 11. The van der Waals surface area contributed by atoms with Crippen molar-refractivity contribution in [2.75, 3.05) is 26.2 Å². The van der Waals surface area contributed by atoms with Crippen LogP contribution < -0.4 is 0 Å². The van der Waals surface area contributed by atoms with Gasteiger partial charge in [0.2, 0.25) is 0 Å². The maximum Gasteiger partial charge on any atom is 0.0360 e. The first kappa shape index (κ1) is 33.9. The van der Waals surface area contributed by atoms with Gasteiger partial charge in [0.1, 0.15) is 0 Å². The molecule has 3 aliphatic heterocycles. The van der Waals surface area contributed by atoms with Crippen molar-refractivity contribution in [1.82, 2.24) is 14.7 Å². The van der Waals surface area contributed by atoms with E-state index in [0.717, 1.165) is 38.3 Å². The van der Waals surface area contributed by atoms with E-state index < -0.39 is 0 Å². The van der Waals surface area contributed by atoms with Crippen molar-refractivity contribution in [2.45, 2.75) is 110 Å². The Morgan fingerprint density at radius 1 is 0.740 bits per heavy atom. The monoisotopic (exact) mass is 665 g/mol. The van der Waals surface area contributed by atoms with Crippen molar-refractivity contribution < 1.29 is 0 Å². The Morgan fingerprint density at radius 2 is 1.46 bits per heavy atom. The van der Waals surface area contributed by atoms with Gasteiger partial charge in [-0.05, 0) is 142 Å². The van der Waals surface area contributed by atoms with Crippen molar-refractivity contribution in [1.29, 1.82) is 0 Å². The molecule has 262 valence electrons. The molecule has 3 heteroatoms. The number of fused-ring (bicyclic) bond motifs is 4. The number of nitrogens with zero attached hydrogens (tertiary/aromatic N) is 3. The molecule has 0 aromatic heterocycles. The predicted molar refractivity (Wildman–Crippen MR) is 212 cm³/mol. The maximum atomic E-state index is 2.85. The van der Waals surface area contributed by atoms with Gasteiger partial charge in [-0.2, -0.15) is 0 Å². The molecule has 2 fully saturated rings. The zero-order valence-corrected chi connectivity index (χ0v) is 31.5. The molecule has 3 aromatic carbocycles. The lowest BCUT2D eigenvalue weighted by atomic mass is 9.89. The van der Waals surface area contributed by atoms with Crippen LogP contribution in [0.2, 0.25) is 0 Å². The molecule has 0 saturated carbocycles. The molecule has 5 aliphatic rings. The molecular weight excluding hydrogens is 607 g/mol. The summed E-state index contributed by atoms with van der Waals surface area (Å²) < 4.78 is 0. The number of hydrogen-bond acceptors (Lipinski definition) is 3. The van der Waals surface area contributed by atoms with E-state index >= 15 is 0 Å². The zero-order valence-electron chi connectivity index (χ0n) is 31.5. The number of hydrogen-bond donors (Lipinski definition) is 0. The summed E-state index contributed by atoms with van der Waals surface area (Å²) in [4.78, 5) is 8.27. The SMILES string of the molecule is Cc1cccc(C2=CCCN(C(C)Cc3cccc(C4=C[C@H]5C[C@@H]4N(C(C)CCc4cccc(C6=C[C@H]7C[C@@H]6N(C(C)C)C7)c4)C5)c3C)C2)c1. The zero-order chi connectivity index (χ0) is 34.5. The van der Waals surface area contributed by atoms with E-state index in [9.17, 15) is 0 Å². The lowest BCUT2D eigenvalue weighted by molar-refractivity contribution is 0.207. The normalized spacial score (nSPS) is 26.4. The molecule has 0 amide bonds. The summed E-state index contributed by atoms with van der Waals surface area (Å²) in [6.45, 7) is 18.9. The van der Waals surface area contributed by atoms with Crippen molar-refractivity contribution in [2.24, 2.45) is 11.8 Å². The van der Waals surface area contributed by atoms with Gasteiger partial charge in [-0.25, -0.2) is 0 Å². The van der Waals surface area contributed by atoms with Crippen LogP contribution in [0.4, 0.5) is 0 Å². The highest BCUT2D eigenvalue weighted by atomic mass is 15.2. The van der Waals surface area contributed by atoms with Crippen LogP contribution in [0.5, 0.6) is 0 Å². The molecule has 0 N–H and O–H groups in total. The number of aryl methyl sites for hydroxylation is 2. The third-order valence-corrected chi connectivity index (χ3v) is 13.1. The van der Waals surface area contributed by atoms with Crippen molar-refractivity contribution in [3.8, 4) is 0 Å². The lowest BCUT2D eigenvalue weighted by Crippen LogP contribution is -2.40. The van der Waals surface area contributed by atoms with Gasteiger partial charge >= 0.3 is 0 Å². The van der Waals surface area contributed by atoms with Gasteiger partial charge < -0.3 is 0 Å². The molecule has 2 saturated heterocycles. The van der Waals surface area contributed by atoms with Gasteiger partial charge in [-0.1, -0.05) is 90.5 Å². The van der Waals surface area contributed by atoms with Crippen LogP contribution in [0, 0.1) is 25.7 Å². The minimum Gasteiger partial charge on any atom is -0.296 e. The molecule has 3 nitrogen and oxygen atoms in total. The lowest BCUT2D eigenvalue weighted by Gasteiger charge is -2.35. The van der Waals surface area contributed by atoms with Gasteiger partial charge in [-0.3, -0.25) is 14.7 Å². The van der Waals surface area contributed by atoms with Gasteiger partial charge in [-0.15, -0.1) is 0 Å². The molecule has 0 radical (unpaired) electrons. The van der Waals surface area contributed by atoms with Crippen LogP contribution in [-0.4, -0.2) is 71.1 Å². The largest absolute Gasteiger partial charge is 0.296 e. The van der Waals surface area contributed by atoms with Crippen LogP contribution in [0.3, 0.4) is 0 Å². The van der Waals surface area contributed by atoms with E-state index in [1.165, 1.54) is 76.9 Å². The fourth-order valence-electron chi connectivity index (χ4n) is 10.3. The van der Waals surface area contributed by atoms with Crippen LogP contribution in [-0.2, 0) is 12.8 Å². The fraction of sp³-hybridized carbons (Fsp3) is 0.489. The number of likely N-dealkylation sites (tertiary alicyclic amines) is 2. The van der Waals surface area contributed by atoms with Gasteiger partial charge in [0.05, 0.1) is 0 Å². The van der Waals surface area contributed by atoms with Crippen molar-refractivity contribution >= 4 is 16.7 Å². The van der Waals surface area contributed by atoms with Gasteiger partial charge in [0.25, 0.3) is 0 Å². The molecule has 6 atom stereocenters. The Balaban J connectivity index is 0.907. The summed E-state index contributed by atoms with van der Waals surface area (Å²) in [5, 5.41) is 0. The first-order chi connectivity index (χ1) is 24.2. The summed E-state index contributed by atoms with van der Waals surface area (Å²) in [6.07, 6.45) is 14.9. The number of benzene rings is 3. The molecule has 2 aliphatic carbocycles. The molecule has 8 rings (SSSR count). The van der Waals surface area contributed by atoms with E-state index in [-0.39, 0.29) is 0 Å². The summed E-state index contributed by atoms with van der Waals surface area (Å²) in [7, 11) is 0. The Labute approximate surface area is 302 Å². The molecule has 4 bridgehead atoms. The third-order valence-electron chi connectivity index (χ3n) is 13.1. The van der Waals surface area contributed by atoms with Crippen molar-refractivity contribution in [3.05, 3.63) is 124 Å². The Kier molecular flexibility index (Phi) is 9.52. The maximum absolute atomic E-state index is 2.85. The second-order valence-electron chi connectivity index (χ2n) is 16.8. The van der Waals surface area contributed by atoms with Crippen molar-refractivity contribution in [3.63, 3.8) is 0 Å². The van der Waals surface area contributed by atoms with Gasteiger partial charge in [0.15, 0.2) is 0 Å². The molecule has 2 unspecified atom stereocenters. The van der Waals surface area contributed by atoms with E-state index in [1.807, 2.05) is 0 Å². The standard InChI is InChI=1S/C47H59N3/c1-31(2)49-28-37-24-44(46(49)26-37)41-15-8-12-36(23-41)19-18-33(4)50-29-38-25-45(47(50)27-38)43-17-9-13-39(35(43)6)22-34(5)48-20-10-16-42(30-48)40-14-7-11-32(3)21-40/h7-9,11-17,21,23-25,31,33-34,37-38,46-47H,10,18-20,22,26-30H2,1-6H3/t33?,34?,37-,38-,46-,47-/m0/s1. The summed E-state index contributed by atoms with van der Waals surface area (Å²) in [5.41, 5.74) is 14.9. The summed E-state index contributed by atoms with van der Waals surface area (Å²) in [5.74, 6) is 1.43. The van der Waals surface area contributed by atoms with Gasteiger partial charge in [0, 0.05) is 56.4 Å². The summed E-state index contributed by atoms with van der Waals surface area (Å²) >= 11 is 0.